The number of anilines is 2. The van der Waals surface area contributed by atoms with Gasteiger partial charge in [0.05, 0.1) is 11.7 Å². The highest BCUT2D eigenvalue weighted by Crippen LogP contribution is 2.28. The Labute approximate surface area is 168 Å². The van der Waals surface area contributed by atoms with Crippen LogP contribution in [0.1, 0.15) is 63.2 Å². The summed E-state index contributed by atoms with van der Waals surface area (Å²) in [5, 5.41) is 5.97. The first kappa shape index (κ1) is 20.6. The molecular formula is C22H33N3O3. The molecule has 3 rings (SSSR count). The summed E-state index contributed by atoms with van der Waals surface area (Å²) in [4.78, 5) is 27.6. The fourth-order valence-electron chi connectivity index (χ4n) is 3.63. The molecule has 6 nitrogen and oxygen atoms in total. The molecule has 2 heterocycles. The van der Waals surface area contributed by atoms with Crippen molar-refractivity contribution in [1.29, 1.82) is 0 Å². The summed E-state index contributed by atoms with van der Waals surface area (Å²) in [6.07, 6.45) is 5.65. The molecule has 1 aromatic carbocycles. The monoisotopic (exact) mass is 387 g/mol. The number of carbonyl (C=O) groups excluding carboxylic acids is 2. The molecule has 0 aromatic heterocycles. The van der Waals surface area contributed by atoms with Gasteiger partial charge in [-0.15, -0.1) is 0 Å². The summed E-state index contributed by atoms with van der Waals surface area (Å²) in [6.45, 7) is 8.84. The number of benzene rings is 1. The van der Waals surface area contributed by atoms with Crippen LogP contribution in [0.25, 0.3) is 0 Å². The zero-order valence-corrected chi connectivity index (χ0v) is 17.3. The number of amides is 2. The molecule has 1 aromatic rings. The van der Waals surface area contributed by atoms with Crippen LogP contribution >= 0.6 is 0 Å². The van der Waals surface area contributed by atoms with Gasteiger partial charge in [0.15, 0.2) is 0 Å². The van der Waals surface area contributed by atoms with Gasteiger partial charge in [-0.3, -0.25) is 9.59 Å². The molecule has 0 aliphatic carbocycles. The lowest BCUT2D eigenvalue weighted by Crippen LogP contribution is -2.35. The molecule has 28 heavy (non-hydrogen) atoms. The number of piperidine rings is 1. The van der Waals surface area contributed by atoms with Gasteiger partial charge in [-0.25, -0.2) is 0 Å². The largest absolute Gasteiger partial charge is 0.376 e. The maximum atomic E-state index is 13.0. The fraction of sp³-hybridized carbons (Fsp3) is 0.636. The van der Waals surface area contributed by atoms with Crippen molar-refractivity contribution in [2.45, 2.75) is 59.0 Å². The van der Waals surface area contributed by atoms with Gasteiger partial charge < -0.3 is 20.3 Å². The molecule has 0 spiro atoms. The SMILES string of the molecule is CC(C)(C)C(=O)Nc1ccc(N2CCCCC2)c(C(=O)NCC2CCCO2)c1. The van der Waals surface area contributed by atoms with Gasteiger partial charge in [0, 0.05) is 43.0 Å². The van der Waals surface area contributed by atoms with Crippen molar-refractivity contribution in [3.05, 3.63) is 23.8 Å². The minimum atomic E-state index is -0.492. The number of ether oxygens (including phenoxy) is 1. The number of rotatable bonds is 5. The van der Waals surface area contributed by atoms with Gasteiger partial charge in [-0.05, 0) is 50.3 Å². The molecular weight excluding hydrogens is 354 g/mol. The van der Waals surface area contributed by atoms with E-state index in [0.717, 1.165) is 51.1 Å². The topological polar surface area (TPSA) is 70.7 Å². The van der Waals surface area contributed by atoms with E-state index in [2.05, 4.69) is 15.5 Å². The highest BCUT2D eigenvalue weighted by molar-refractivity contribution is 6.02. The number of hydrogen-bond donors (Lipinski definition) is 2. The molecule has 1 atom stereocenters. The molecule has 6 heteroatoms. The van der Waals surface area contributed by atoms with E-state index in [1.807, 2.05) is 32.9 Å². The van der Waals surface area contributed by atoms with Crippen molar-refractivity contribution in [1.82, 2.24) is 5.32 Å². The summed E-state index contributed by atoms with van der Waals surface area (Å²) >= 11 is 0. The molecule has 1 unspecified atom stereocenters. The third-order valence-corrected chi connectivity index (χ3v) is 5.39. The molecule has 2 aliphatic rings. The van der Waals surface area contributed by atoms with E-state index in [-0.39, 0.29) is 17.9 Å². The van der Waals surface area contributed by atoms with Crippen LogP contribution in [-0.2, 0) is 9.53 Å². The Morgan fingerprint density at radius 3 is 2.54 bits per heavy atom. The zero-order valence-electron chi connectivity index (χ0n) is 17.3. The smallest absolute Gasteiger partial charge is 0.253 e. The normalized spacial score (nSPS) is 20.1. The first-order chi connectivity index (χ1) is 13.3. The highest BCUT2D eigenvalue weighted by atomic mass is 16.5. The van der Waals surface area contributed by atoms with E-state index in [0.29, 0.717) is 17.8 Å². The maximum absolute atomic E-state index is 13.0. The van der Waals surface area contributed by atoms with Gasteiger partial charge in [0.2, 0.25) is 5.91 Å². The predicted molar refractivity (Wildman–Crippen MR) is 112 cm³/mol. The number of nitrogens with one attached hydrogen (secondary N) is 2. The van der Waals surface area contributed by atoms with E-state index in [4.69, 9.17) is 4.74 Å². The van der Waals surface area contributed by atoms with Crippen LogP contribution in [0.3, 0.4) is 0 Å². The van der Waals surface area contributed by atoms with E-state index < -0.39 is 5.41 Å². The van der Waals surface area contributed by atoms with E-state index in [1.54, 1.807) is 6.07 Å². The van der Waals surface area contributed by atoms with Crippen molar-refractivity contribution in [3.63, 3.8) is 0 Å². The molecule has 2 amide bonds. The Morgan fingerprint density at radius 2 is 1.89 bits per heavy atom. The third kappa shape index (κ3) is 5.25. The Kier molecular flexibility index (Phi) is 6.60. The minimum absolute atomic E-state index is 0.0658. The fourth-order valence-corrected chi connectivity index (χ4v) is 3.63. The summed E-state index contributed by atoms with van der Waals surface area (Å²) in [7, 11) is 0. The third-order valence-electron chi connectivity index (χ3n) is 5.39. The van der Waals surface area contributed by atoms with Crippen LogP contribution < -0.4 is 15.5 Å². The van der Waals surface area contributed by atoms with Gasteiger partial charge in [-0.2, -0.15) is 0 Å². The Balaban J connectivity index is 1.80. The molecule has 0 bridgehead atoms. The van der Waals surface area contributed by atoms with Crippen molar-refractivity contribution < 1.29 is 14.3 Å². The number of nitrogens with zero attached hydrogens (tertiary/aromatic N) is 1. The minimum Gasteiger partial charge on any atom is -0.376 e. The van der Waals surface area contributed by atoms with E-state index >= 15 is 0 Å². The second-order valence-corrected chi connectivity index (χ2v) is 8.83. The van der Waals surface area contributed by atoms with Gasteiger partial charge in [0.1, 0.15) is 0 Å². The average molecular weight is 388 g/mol. The summed E-state index contributed by atoms with van der Waals surface area (Å²) in [6, 6.07) is 5.66. The van der Waals surface area contributed by atoms with Crippen molar-refractivity contribution >= 4 is 23.2 Å². The van der Waals surface area contributed by atoms with Crippen molar-refractivity contribution in [2.24, 2.45) is 5.41 Å². The van der Waals surface area contributed by atoms with Crippen LogP contribution in [0.4, 0.5) is 11.4 Å². The summed E-state index contributed by atoms with van der Waals surface area (Å²) in [5.74, 6) is -0.174. The second kappa shape index (κ2) is 8.95. The van der Waals surface area contributed by atoms with Crippen LogP contribution in [-0.4, -0.2) is 44.2 Å². The Hall–Kier alpha value is -2.08. The van der Waals surface area contributed by atoms with Crippen molar-refractivity contribution in [2.75, 3.05) is 36.5 Å². The first-order valence-electron chi connectivity index (χ1n) is 10.4. The summed E-state index contributed by atoms with van der Waals surface area (Å²) < 4.78 is 5.62. The van der Waals surface area contributed by atoms with E-state index in [9.17, 15) is 9.59 Å². The van der Waals surface area contributed by atoms with Gasteiger partial charge in [-0.1, -0.05) is 20.8 Å². The standard InChI is InChI=1S/C22H33N3O3/c1-22(2,3)21(27)24-16-9-10-19(25-11-5-4-6-12-25)18(14-16)20(26)23-15-17-8-7-13-28-17/h9-10,14,17H,4-8,11-13,15H2,1-3H3,(H,23,26)(H,24,27). The van der Waals surface area contributed by atoms with Crippen LogP contribution in [0.2, 0.25) is 0 Å². The lowest BCUT2D eigenvalue weighted by Gasteiger charge is -2.31. The van der Waals surface area contributed by atoms with E-state index in [1.165, 1.54) is 6.42 Å². The first-order valence-corrected chi connectivity index (χ1v) is 10.4. The lowest BCUT2D eigenvalue weighted by atomic mass is 9.95. The molecule has 2 saturated heterocycles. The highest BCUT2D eigenvalue weighted by Gasteiger charge is 2.24. The molecule has 154 valence electrons. The predicted octanol–water partition coefficient (Wildman–Crippen LogP) is 3.57. The average Bonchev–Trinajstić information content (AvgIpc) is 3.19. The molecule has 2 aliphatic heterocycles. The second-order valence-electron chi connectivity index (χ2n) is 8.83. The Bertz CT molecular complexity index is 699. The lowest BCUT2D eigenvalue weighted by molar-refractivity contribution is -0.123. The van der Waals surface area contributed by atoms with Crippen LogP contribution in [0, 0.1) is 5.41 Å². The zero-order chi connectivity index (χ0) is 20.1. The van der Waals surface area contributed by atoms with Gasteiger partial charge in [0.25, 0.3) is 5.91 Å². The molecule has 2 N–H and O–H groups in total. The van der Waals surface area contributed by atoms with Crippen molar-refractivity contribution in [3.8, 4) is 0 Å². The molecule has 0 radical (unpaired) electrons. The number of hydrogen-bond acceptors (Lipinski definition) is 4. The Morgan fingerprint density at radius 1 is 1.14 bits per heavy atom. The molecule has 2 fully saturated rings. The van der Waals surface area contributed by atoms with Crippen LogP contribution in [0.5, 0.6) is 0 Å². The molecule has 0 saturated carbocycles. The number of carbonyl (C=O) groups is 2. The van der Waals surface area contributed by atoms with Crippen LogP contribution in [0.15, 0.2) is 18.2 Å². The van der Waals surface area contributed by atoms with Gasteiger partial charge >= 0.3 is 0 Å². The maximum Gasteiger partial charge on any atom is 0.253 e. The quantitative estimate of drug-likeness (QED) is 0.810. The summed E-state index contributed by atoms with van der Waals surface area (Å²) in [5.41, 5.74) is 1.72.